The summed E-state index contributed by atoms with van der Waals surface area (Å²) in [6.07, 6.45) is 21.5. The quantitative estimate of drug-likeness (QED) is 0.142. The SMILES string of the molecule is CCCCCCCCCC(=O)Oc1ccc(-c2ncc(CCCCCCCC)cn2)cc1. The number of ether oxygens (including phenoxy) is 1. The van der Waals surface area contributed by atoms with Crippen molar-refractivity contribution < 1.29 is 9.53 Å². The summed E-state index contributed by atoms with van der Waals surface area (Å²) in [6, 6.07) is 7.48. The van der Waals surface area contributed by atoms with Gasteiger partial charge in [0.25, 0.3) is 0 Å². The van der Waals surface area contributed by atoms with Crippen molar-refractivity contribution in [3.8, 4) is 17.1 Å². The van der Waals surface area contributed by atoms with Gasteiger partial charge in [-0.1, -0.05) is 84.5 Å². The second-order valence-corrected chi connectivity index (χ2v) is 8.80. The molecule has 0 spiro atoms. The van der Waals surface area contributed by atoms with E-state index in [0.717, 1.165) is 24.8 Å². The summed E-state index contributed by atoms with van der Waals surface area (Å²) in [7, 11) is 0. The van der Waals surface area contributed by atoms with Gasteiger partial charge in [0.2, 0.25) is 0 Å². The molecule has 0 atom stereocenters. The Morgan fingerprint density at radius 3 is 1.84 bits per heavy atom. The summed E-state index contributed by atoms with van der Waals surface area (Å²) in [5.41, 5.74) is 2.13. The highest BCUT2D eigenvalue weighted by molar-refractivity contribution is 5.72. The van der Waals surface area contributed by atoms with Crippen LogP contribution in [0, 0.1) is 0 Å². The van der Waals surface area contributed by atoms with Crippen molar-refractivity contribution in [2.45, 2.75) is 110 Å². The summed E-state index contributed by atoms with van der Waals surface area (Å²) in [4.78, 5) is 21.1. The maximum atomic E-state index is 12.1. The molecule has 2 rings (SSSR count). The summed E-state index contributed by atoms with van der Waals surface area (Å²) in [5.74, 6) is 1.14. The molecular weight excluding hydrogens is 396 g/mol. The Labute approximate surface area is 195 Å². The largest absolute Gasteiger partial charge is 0.427 e. The second-order valence-electron chi connectivity index (χ2n) is 8.80. The maximum Gasteiger partial charge on any atom is 0.311 e. The van der Waals surface area contributed by atoms with E-state index in [9.17, 15) is 4.79 Å². The molecule has 4 nitrogen and oxygen atoms in total. The number of rotatable bonds is 17. The van der Waals surface area contributed by atoms with Crippen LogP contribution in [0.5, 0.6) is 5.75 Å². The van der Waals surface area contributed by atoms with Gasteiger partial charge >= 0.3 is 5.97 Å². The topological polar surface area (TPSA) is 52.1 Å². The van der Waals surface area contributed by atoms with Gasteiger partial charge in [0.05, 0.1) is 0 Å². The minimum absolute atomic E-state index is 0.151. The zero-order valence-electron chi connectivity index (χ0n) is 20.3. The van der Waals surface area contributed by atoms with Crippen LogP contribution in [0.1, 0.15) is 109 Å². The Morgan fingerprint density at radius 2 is 1.25 bits per heavy atom. The Balaban J connectivity index is 1.68. The number of unbranched alkanes of at least 4 members (excludes halogenated alkanes) is 11. The number of benzene rings is 1. The lowest BCUT2D eigenvalue weighted by Crippen LogP contribution is -2.07. The third kappa shape index (κ3) is 10.9. The normalized spacial score (nSPS) is 10.9. The van der Waals surface area contributed by atoms with Gasteiger partial charge in [-0.3, -0.25) is 4.79 Å². The highest BCUT2D eigenvalue weighted by atomic mass is 16.5. The van der Waals surface area contributed by atoms with Crippen LogP contribution in [-0.4, -0.2) is 15.9 Å². The van der Waals surface area contributed by atoms with Crippen LogP contribution in [0.15, 0.2) is 36.7 Å². The molecule has 1 heterocycles. The molecule has 0 aliphatic heterocycles. The highest BCUT2D eigenvalue weighted by Crippen LogP contribution is 2.20. The molecule has 0 aliphatic rings. The van der Waals surface area contributed by atoms with E-state index in [-0.39, 0.29) is 5.97 Å². The first-order chi connectivity index (χ1) is 15.7. The van der Waals surface area contributed by atoms with Gasteiger partial charge in [-0.05, 0) is 49.1 Å². The van der Waals surface area contributed by atoms with E-state index in [1.807, 2.05) is 36.7 Å². The summed E-state index contributed by atoms with van der Waals surface area (Å²) < 4.78 is 5.47. The zero-order valence-corrected chi connectivity index (χ0v) is 20.3. The molecule has 0 amide bonds. The standard InChI is InChI=1S/C28H42N2O2/c1-3-5-7-9-11-13-15-17-27(31)32-26-20-18-25(19-21-26)28-29-22-24(23-30-28)16-14-12-10-8-6-4-2/h18-23H,3-17H2,1-2H3. The van der Waals surface area contributed by atoms with Crippen molar-refractivity contribution in [3.05, 3.63) is 42.2 Å². The molecule has 1 aromatic carbocycles. The van der Waals surface area contributed by atoms with Crippen molar-refractivity contribution >= 4 is 5.97 Å². The number of aryl methyl sites for hydroxylation is 1. The van der Waals surface area contributed by atoms with Crippen LogP contribution < -0.4 is 4.74 Å². The number of nitrogens with zero attached hydrogens (tertiary/aromatic N) is 2. The van der Waals surface area contributed by atoms with E-state index in [4.69, 9.17) is 4.74 Å². The van der Waals surface area contributed by atoms with E-state index in [0.29, 0.717) is 18.0 Å². The predicted molar refractivity (Wildman–Crippen MR) is 133 cm³/mol. The van der Waals surface area contributed by atoms with Crippen LogP contribution in [-0.2, 0) is 11.2 Å². The summed E-state index contributed by atoms with van der Waals surface area (Å²) >= 11 is 0. The fraction of sp³-hybridized carbons (Fsp3) is 0.607. The van der Waals surface area contributed by atoms with E-state index < -0.39 is 0 Å². The Bertz CT molecular complexity index is 741. The molecule has 2 aromatic rings. The first kappa shape index (κ1) is 26.0. The number of hydrogen-bond acceptors (Lipinski definition) is 4. The first-order valence-corrected chi connectivity index (χ1v) is 12.8. The molecule has 32 heavy (non-hydrogen) atoms. The van der Waals surface area contributed by atoms with Crippen LogP contribution >= 0.6 is 0 Å². The third-order valence-electron chi connectivity index (χ3n) is 5.85. The van der Waals surface area contributed by atoms with Gasteiger partial charge < -0.3 is 4.74 Å². The molecule has 0 fully saturated rings. The first-order valence-electron chi connectivity index (χ1n) is 12.8. The number of esters is 1. The predicted octanol–water partition coefficient (Wildman–Crippen LogP) is 8.09. The average Bonchev–Trinajstić information content (AvgIpc) is 2.82. The smallest absolute Gasteiger partial charge is 0.311 e. The minimum atomic E-state index is -0.151. The minimum Gasteiger partial charge on any atom is -0.427 e. The molecule has 0 aliphatic carbocycles. The summed E-state index contributed by atoms with van der Waals surface area (Å²) in [5, 5.41) is 0. The van der Waals surface area contributed by atoms with E-state index in [1.54, 1.807) is 0 Å². The van der Waals surface area contributed by atoms with Crippen molar-refractivity contribution in [1.82, 2.24) is 9.97 Å². The molecule has 0 saturated heterocycles. The van der Waals surface area contributed by atoms with Crippen molar-refractivity contribution in [2.24, 2.45) is 0 Å². The fourth-order valence-electron chi connectivity index (χ4n) is 3.82. The van der Waals surface area contributed by atoms with Gasteiger partial charge in [-0.2, -0.15) is 0 Å². The van der Waals surface area contributed by atoms with E-state index in [2.05, 4.69) is 23.8 Å². The van der Waals surface area contributed by atoms with Crippen LogP contribution in [0.3, 0.4) is 0 Å². The lowest BCUT2D eigenvalue weighted by Gasteiger charge is -2.06. The number of aromatic nitrogens is 2. The Morgan fingerprint density at radius 1 is 0.719 bits per heavy atom. The maximum absolute atomic E-state index is 12.1. The fourth-order valence-corrected chi connectivity index (χ4v) is 3.82. The highest BCUT2D eigenvalue weighted by Gasteiger charge is 2.07. The number of hydrogen-bond donors (Lipinski definition) is 0. The number of carbonyl (C=O) groups is 1. The monoisotopic (exact) mass is 438 g/mol. The molecule has 176 valence electrons. The van der Waals surface area contributed by atoms with Crippen LogP contribution in [0.2, 0.25) is 0 Å². The van der Waals surface area contributed by atoms with Gasteiger partial charge in [0.15, 0.2) is 5.82 Å². The lowest BCUT2D eigenvalue weighted by molar-refractivity contribution is -0.134. The summed E-state index contributed by atoms with van der Waals surface area (Å²) in [6.45, 7) is 4.47. The second kappa shape index (κ2) is 16.4. The Hall–Kier alpha value is -2.23. The molecule has 0 unspecified atom stereocenters. The zero-order chi connectivity index (χ0) is 22.9. The van der Waals surface area contributed by atoms with Gasteiger partial charge in [0, 0.05) is 24.4 Å². The number of carbonyl (C=O) groups excluding carboxylic acids is 1. The van der Waals surface area contributed by atoms with E-state index in [1.165, 1.54) is 76.2 Å². The molecule has 0 radical (unpaired) electrons. The van der Waals surface area contributed by atoms with Gasteiger partial charge in [-0.15, -0.1) is 0 Å². The lowest BCUT2D eigenvalue weighted by atomic mass is 10.1. The molecule has 1 aromatic heterocycles. The van der Waals surface area contributed by atoms with Crippen LogP contribution in [0.4, 0.5) is 0 Å². The van der Waals surface area contributed by atoms with Gasteiger partial charge in [0.1, 0.15) is 5.75 Å². The third-order valence-corrected chi connectivity index (χ3v) is 5.85. The van der Waals surface area contributed by atoms with Crippen molar-refractivity contribution in [2.75, 3.05) is 0 Å². The average molecular weight is 439 g/mol. The molecule has 4 heteroatoms. The van der Waals surface area contributed by atoms with Crippen LogP contribution in [0.25, 0.3) is 11.4 Å². The molecule has 0 saturated carbocycles. The van der Waals surface area contributed by atoms with Crippen molar-refractivity contribution in [3.63, 3.8) is 0 Å². The molecular formula is C28H42N2O2. The molecule has 0 bridgehead atoms. The van der Waals surface area contributed by atoms with E-state index >= 15 is 0 Å². The molecule has 0 N–H and O–H groups in total. The van der Waals surface area contributed by atoms with Crippen molar-refractivity contribution in [1.29, 1.82) is 0 Å². The Kier molecular flexibility index (Phi) is 13.3. The van der Waals surface area contributed by atoms with Gasteiger partial charge in [-0.25, -0.2) is 9.97 Å².